The minimum absolute atomic E-state index is 0.137. The van der Waals surface area contributed by atoms with Gasteiger partial charge in [0.25, 0.3) is 0 Å². The van der Waals surface area contributed by atoms with Crippen molar-refractivity contribution in [3.8, 4) is 5.69 Å². The third-order valence-electron chi connectivity index (χ3n) is 15.5. The molecule has 3 saturated heterocycles. The Bertz CT molecular complexity index is 3420. The number of nitrogens with two attached hydrogens (primary N) is 2. The average Bonchev–Trinajstić information content (AvgIpc) is 3.51. The molecule has 4 aromatic carbocycles. The Hall–Kier alpha value is -8.86. The van der Waals surface area contributed by atoms with Crippen LogP contribution in [0.25, 0.3) is 5.69 Å². The molecule has 4 aromatic heterocycles. The van der Waals surface area contributed by atoms with Crippen molar-refractivity contribution < 1.29 is 9.67 Å². The van der Waals surface area contributed by atoms with E-state index < -0.39 is 0 Å². The van der Waals surface area contributed by atoms with E-state index in [1.165, 1.54) is 16.8 Å². The van der Waals surface area contributed by atoms with Crippen molar-refractivity contribution in [1.29, 1.82) is 0 Å². The van der Waals surface area contributed by atoms with Gasteiger partial charge < -0.3 is 51.7 Å². The Labute approximate surface area is 465 Å². The van der Waals surface area contributed by atoms with E-state index in [0.29, 0.717) is 119 Å². The van der Waals surface area contributed by atoms with Gasteiger partial charge in [0.1, 0.15) is 18.0 Å². The van der Waals surface area contributed by atoms with Gasteiger partial charge in [-0.1, -0.05) is 58.5 Å². The number of fused-ring (bicyclic) bond motifs is 1. The molecule has 8 N–H and O–H groups in total. The number of nitrogens with one attached hydrogen (secondary N) is 3. The van der Waals surface area contributed by atoms with Gasteiger partial charge in [-0.2, -0.15) is 19.5 Å². The van der Waals surface area contributed by atoms with Crippen LogP contribution in [0.2, 0.25) is 0 Å². The summed E-state index contributed by atoms with van der Waals surface area (Å²) in [6.07, 6.45) is 9.27. The number of aromatic nitrogens is 10. The highest BCUT2D eigenvalue weighted by Gasteiger charge is 2.28. The molecule has 0 bridgehead atoms. The minimum atomic E-state index is 0.137. The smallest absolute Gasteiger partial charge is 0.361 e. The molecule has 12 rings (SSSR count). The van der Waals surface area contributed by atoms with Crippen molar-refractivity contribution in [2.45, 2.75) is 32.7 Å². The second-order valence-electron chi connectivity index (χ2n) is 20.8. The molecule has 22 heteroatoms. The first-order valence-corrected chi connectivity index (χ1v) is 27.6. The van der Waals surface area contributed by atoms with Crippen LogP contribution in [0.5, 0.6) is 0 Å². The van der Waals surface area contributed by atoms with Crippen molar-refractivity contribution in [2.24, 2.45) is 0 Å². The molecule has 8 aromatic rings. The van der Waals surface area contributed by atoms with Gasteiger partial charge in [-0.15, -0.1) is 0 Å². The van der Waals surface area contributed by atoms with Crippen LogP contribution in [0.1, 0.15) is 38.9 Å². The molecular formula is C58H68N21O+. The first kappa shape index (κ1) is 51.9. The lowest BCUT2D eigenvalue weighted by molar-refractivity contribution is -0.586. The van der Waals surface area contributed by atoms with E-state index in [2.05, 4.69) is 135 Å². The highest BCUT2D eigenvalue weighted by molar-refractivity contribution is 5.65. The summed E-state index contributed by atoms with van der Waals surface area (Å²) in [5, 5.41) is 20.2. The topological polar surface area (TPSA) is 248 Å². The van der Waals surface area contributed by atoms with Crippen molar-refractivity contribution in [2.75, 3.05) is 145 Å². The monoisotopic (exact) mass is 1070 g/mol. The standard InChI is InChI=1S/C58H67N21O/c1-40-31-49(74-19-16-61-17-20-74)13-14-50(40)68-53-64-38-65-56(71-53)77-25-21-75(22-26-77)55-63-36-45(52(60)70-55)33-42-7-11-48(12-8-42)79-39-66-57(72-58(79)67-47-10-9-43-15-18-73(29-30-80)37-46(43)34-47)78-27-23-76(24-28-78)54-62-35-44(51(59)69-54)32-41-5-3-2-4-6-41/h2-14,31,34-36,38-39,61,80H,15-30,32-33,37H2,1H3,(H5,59,60,62,63,64,65,68,69,70,71)/p+1. The zero-order chi connectivity index (χ0) is 54.4. The Morgan fingerprint density at radius 3 is 1.84 bits per heavy atom. The summed E-state index contributed by atoms with van der Waals surface area (Å²) >= 11 is 0. The van der Waals surface area contributed by atoms with Gasteiger partial charge in [0.05, 0.1) is 18.0 Å². The van der Waals surface area contributed by atoms with E-state index in [0.717, 1.165) is 90.6 Å². The van der Waals surface area contributed by atoms with Gasteiger partial charge in [0.15, 0.2) is 0 Å². The summed E-state index contributed by atoms with van der Waals surface area (Å²) < 4.78 is 1.98. The van der Waals surface area contributed by atoms with E-state index in [4.69, 9.17) is 46.4 Å². The van der Waals surface area contributed by atoms with E-state index in [9.17, 15) is 5.11 Å². The lowest BCUT2D eigenvalue weighted by Gasteiger charge is -2.34. The van der Waals surface area contributed by atoms with E-state index in [1.807, 2.05) is 41.5 Å². The summed E-state index contributed by atoms with van der Waals surface area (Å²) in [7, 11) is 0. The number of β-amino-alcohol motifs (C(OH)–C–C–N with tert-alkyl or cyclic N) is 1. The zero-order valence-corrected chi connectivity index (χ0v) is 45.2. The molecule has 0 spiro atoms. The Kier molecular flexibility index (Phi) is 15.3. The molecule has 0 saturated carbocycles. The van der Waals surface area contributed by atoms with Crippen molar-refractivity contribution >= 4 is 64.4 Å². The molecule has 3 fully saturated rings. The van der Waals surface area contributed by atoms with Crippen LogP contribution in [0.15, 0.2) is 116 Å². The molecule has 410 valence electrons. The predicted molar refractivity (Wildman–Crippen MR) is 313 cm³/mol. The number of nitrogen functional groups attached to an aromatic ring is 2. The largest absolute Gasteiger partial charge is 0.395 e. The number of anilines is 11. The number of nitrogens with zero attached hydrogens (tertiary/aromatic N) is 16. The normalized spacial score (nSPS) is 15.9. The highest BCUT2D eigenvalue weighted by atomic mass is 16.3. The Balaban J connectivity index is 0.696. The van der Waals surface area contributed by atoms with E-state index in [1.54, 1.807) is 6.33 Å². The maximum absolute atomic E-state index is 9.67. The molecule has 8 heterocycles. The van der Waals surface area contributed by atoms with Crippen LogP contribution >= 0.6 is 0 Å². The number of hydrogen-bond donors (Lipinski definition) is 6. The summed E-state index contributed by atoms with van der Waals surface area (Å²) in [5.41, 5.74) is 24.8. The SMILES string of the molecule is Cc1cc(N2CCNCC2)ccc1Nc1ncnc(N2CCN(c3ncc(Cc4ccc(-[n+]5cnc(N6CCN(c7ncc(Cc8ccccc8)c(N)n7)CC6)nc5Nc5ccc6c(c5)CN(CCO)CC6)cc4)c(N)n3)CC2)n1. The summed E-state index contributed by atoms with van der Waals surface area (Å²) in [6, 6.07) is 31.5. The van der Waals surface area contributed by atoms with Crippen LogP contribution in [0.3, 0.4) is 0 Å². The average molecular weight is 1080 g/mol. The number of aryl methyl sites for hydroxylation is 1. The fraction of sp³-hybridized carbons (Fsp3) is 0.345. The third kappa shape index (κ3) is 11.9. The maximum atomic E-state index is 9.67. The van der Waals surface area contributed by atoms with Gasteiger partial charge >= 0.3 is 11.9 Å². The summed E-state index contributed by atoms with van der Waals surface area (Å²) in [4.78, 5) is 56.3. The van der Waals surface area contributed by atoms with Gasteiger partial charge in [-0.3, -0.25) is 10.2 Å². The van der Waals surface area contributed by atoms with Gasteiger partial charge in [0.2, 0.25) is 30.1 Å². The van der Waals surface area contributed by atoms with E-state index in [-0.39, 0.29) is 6.61 Å². The predicted octanol–water partition coefficient (Wildman–Crippen LogP) is 4.07. The van der Waals surface area contributed by atoms with Gasteiger partial charge in [-0.05, 0) is 83.6 Å². The van der Waals surface area contributed by atoms with Crippen LogP contribution in [0.4, 0.5) is 64.4 Å². The van der Waals surface area contributed by atoms with Crippen LogP contribution in [-0.2, 0) is 25.8 Å². The first-order valence-electron chi connectivity index (χ1n) is 27.6. The molecule has 4 aliphatic rings. The second kappa shape index (κ2) is 23.6. The van der Waals surface area contributed by atoms with Crippen LogP contribution in [-0.4, -0.2) is 153 Å². The summed E-state index contributed by atoms with van der Waals surface area (Å²) in [6.45, 7) is 14.1. The first-order chi connectivity index (χ1) is 39.2. The lowest BCUT2D eigenvalue weighted by atomic mass is 9.99. The molecule has 0 aliphatic carbocycles. The molecule has 4 aliphatic heterocycles. The highest BCUT2D eigenvalue weighted by Crippen LogP contribution is 2.29. The molecule has 0 atom stereocenters. The quantitative estimate of drug-likeness (QED) is 0.0747. The number of hydrogen-bond acceptors (Lipinski definition) is 21. The fourth-order valence-electron chi connectivity index (χ4n) is 10.9. The molecule has 0 unspecified atom stereocenters. The molecule has 0 amide bonds. The number of piperazine rings is 3. The molecule has 0 radical (unpaired) electrons. The third-order valence-corrected chi connectivity index (χ3v) is 15.5. The molecular weight excluding hydrogens is 1010 g/mol. The fourth-order valence-corrected chi connectivity index (χ4v) is 10.9. The number of rotatable bonds is 16. The van der Waals surface area contributed by atoms with Crippen LogP contribution in [0, 0.1) is 6.92 Å². The minimum Gasteiger partial charge on any atom is -0.395 e. The van der Waals surface area contributed by atoms with Crippen molar-refractivity contribution in [3.05, 3.63) is 155 Å². The molecule has 22 nitrogen and oxygen atoms in total. The summed E-state index contributed by atoms with van der Waals surface area (Å²) in [5.74, 6) is 4.56. The number of aliphatic hydroxyl groups is 1. The zero-order valence-electron chi connectivity index (χ0n) is 45.2. The Morgan fingerprint density at radius 1 is 0.588 bits per heavy atom. The lowest BCUT2D eigenvalue weighted by Crippen LogP contribution is -2.48. The maximum Gasteiger partial charge on any atom is 0.361 e. The molecule has 80 heavy (non-hydrogen) atoms. The number of benzene rings is 4. The van der Waals surface area contributed by atoms with E-state index >= 15 is 0 Å². The van der Waals surface area contributed by atoms with Gasteiger partial charge in [-0.25, -0.2) is 19.9 Å². The van der Waals surface area contributed by atoms with Gasteiger partial charge in [0, 0.05) is 146 Å². The Morgan fingerprint density at radius 2 is 1.21 bits per heavy atom. The second-order valence-corrected chi connectivity index (χ2v) is 20.8. The van der Waals surface area contributed by atoms with Crippen molar-refractivity contribution in [1.82, 2.24) is 55.1 Å². The number of aliphatic hydroxyl groups excluding tert-OH is 1. The van der Waals surface area contributed by atoms with Crippen molar-refractivity contribution in [3.63, 3.8) is 0 Å². The van der Waals surface area contributed by atoms with Crippen LogP contribution < -0.4 is 56.5 Å².